The second-order valence-corrected chi connectivity index (χ2v) is 6.59. The number of hydrogen-bond acceptors (Lipinski definition) is 3. The van der Waals surface area contributed by atoms with Crippen molar-refractivity contribution in [1.82, 2.24) is 0 Å². The maximum absolute atomic E-state index is 12.7. The normalized spacial score (nSPS) is 17.7. The van der Waals surface area contributed by atoms with Crippen LogP contribution in [0.4, 0.5) is 11.4 Å². The third-order valence-corrected chi connectivity index (χ3v) is 4.65. The molecule has 0 unspecified atom stereocenters. The Morgan fingerprint density at radius 2 is 1.87 bits per heavy atom. The number of nitrogens with zero attached hydrogens (tertiary/aromatic N) is 1. The van der Waals surface area contributed by atoms with Gasteiger partial charge in [-0.25, -0.2) is 4.90 Å². The third-order valence-electron chi connectivity index (χ3n) is 3.96. The number of rotatable bonds is 3. The van der Waals surface area contributed by atoms with Crippen LogP contribution in [-0.4, -0.2) is 17.9 Å². The second-order valence-electron chi connectivity index (χ2n) is 5.74. The van der Waals surface area contributed by atoms with Crippen LogP contribution >= 0.6 is 15.9 Å². The summed E-state index contributed by atoms with van der Waals surface area (Å²) in [6.45, 7) is 3.86. The summed E-state index contributed by atoms with van der Waals surface area (Å²) in [7, 11) is 0. The smallest absolute Gasteiger partial charge is 0.256 e. The van der Waals surface area contributed by atoms with Crippen molar-refractivity contribution in [3.63, 3.8) is 0 Å². The first-order valence-corrected chi connectivity index (χ1v) is 8.22. The zero-order chi connectivity index (χ0) is 16.6. The molecule has 0 aromatic heterocycles. The molecule has 1 saturated heterocycles. The number of imide groups is 1. The number of nitrogens with one attached hydrogen (secondary N) is 1. The van der Waals surface area contributed by atoms with Crippen LogP contribution in [0.1, 0.15) is 17.5 Å². The minimum absolute atomic E-state index is 0.160. The zero-order valence-corrected chi connectivity index (χ0v) is 14.6. The molecule has 5 heteroatoms. The Kier molecular flexibility index (Phi) is 4.22. The number of hydrogen-bond donors (Lipinski definition) is 1. The molecule has 0 saturated carbocycles. The van der Waals surface area contributed by atoms with Gasteiger partial charge in [0.1, 0.15) is 6.04 Å². The monoisotopic (exact) mass is 372 g/mol. The fourth-order valence-electron chi connectivity index (χ4n) is 2.72. The van der Waals surface area contributed by atoms with Gasteiger partial charge in [0.05, 0.1) is 12.1 Å². The Balaban J connectivity index is 1.88. The maximum atomic E-state index is 12.7. The van der Waals surface area contributed by atoms with Gasteiger partial charge in [0.25, 0.3) is 5.91 Å². The number of benzene rings is 2. The molecule has 0 radical (unpaired) electrons. The maximum Gasteiger partial charge on any atom is 0.256 e. The van der Waals surface area contributed by atoms with Crippen LogP contribution in [0.2, 0.25) is 0 Å². The fraction of sp³-hybridized carbons (Fsp3) is 0.222. The molecule has 0 bridgehead atoms. The molecule has 0 spiro atoms. The molecule has 2 aromatic rings. The largest absolute Gasteiger partial charge is 0.372 e. The van der Waals surface area contributed by atoms with E-state index in [1.54, 1.807) is 0 Å². The van der Waals surface area contributed by atoms with E-state index < -0.39 is 6.04 Å². The van der Waals surface area contributed by atoms with Gasteiger partial charge in [0, 0.05) is 10.2 Å². The highest BCUT2D eigenvalue weighted by Crippen LogP contribution is 2.30. The average molecular weight is 373 g/mol. The zero-order valence-electron chi connectivity index (χ0n) is 13.0. The first-order valence-electron chi connectivity index (χ1n) is 7.42. The van der Waals surface area contributed by atoms with Crippen molar-refractivity contribution in [3.8, 4) is 0 Å². The summed E-state index contributed by atoms with van der Waals surface area (Å²) in [4.78, 5) is 26.4. The van der Waals surface area contributed by atoms with Crippen molar-refractivity contribution in [2.75, 3.05) is 10.2 Å². The molecule has 0 aliphatic carbocycles. The van der Waals surface area contributed by atoms with Crippen molar-refractivity contribution in [1.29, 1.82) is 0 Å². The molecule has 3 rings (SSSR count). The number of para-hydroxylation sites is 1. The summed E-state index contributed by atoms with van der Waals surface area (Å²) in [6, 6.07) is 12.8. The Morgan fingerprint density at radius 3 is 2.61 bits per heavy atom. The Labute approximate surface area is 143 Å². The van der Waals surface area contributed by atoms with Gasteiger partial charge in [-0.2, -0.15) is 0 Å². The van der Waals surface area contributed by atoms with E-state index in [0.29, 0.717) is 5.69 Å². The standard InChI is InChI=1S/C18H17BrN2O2/c1-11-7-8-12(2)16(9-11)21-17(22)10-15(18(21)23)20-14-6-4-3-5-13(14)19/h3-9,15,20H,10H2,1-2H3/t15-/m0/s1. The summed E-state index contributed by atoms with van der Waals surface area (Å²) in [5.74, 6) is -0.382. The predicted molar refractivity (Wildman–Crippen MR) is 94.6 cm³/mol. The molecule has 2 aromatic carbocycles. The molecule has 23 heavy (non-hydrogen) atoms. The van der Waals surface area contributed by atoms with Crippen LogP contribution in [0.3, 0.4) is 0 Å². The molecule has 1 heterocycles. The molecule has 2 amide bonds. The van der Waals surface area contributed by atoms with Crippen molar-refractivity contribution >= 4 is 39.1 Å². The van der Waals surface area contributed by atoms with Crippen LogP contribution < -0.4 is 10.2 Å². The van der Waals surface area contributed by atoms with E-state index in [1.807, 2.05) is 56.3 Å². The Hall–Kier alpha value is -2.14. The molecular formula is C18H17BrN2O2. The minimum atomic E-state index is -0.541. The lowest BCUT2D eigenvalue weighted by molar-refractivity contribution is -0.121. The number of anilines is 2. The van der Waals surface area contributed by atoms with Crippen LogP contribution in [0.25, 0.3) is 0 Å². The van der Waals surface area contributed by atoms with E-state index in [1.165, 1.54) is 4.90 Å². The van der Waals surface area contributed by atoms with E-state index in [9.17, 15) is 9.59 Å². The Bertz CT molecular complexity index is 788. The van der Waals surface area contributed by atoms with E-state index in [2.05, 4.69) is 21.2 Å². The molecule has 1 aliphatic rings. The van der Waals surface area contributed by atoms with Crippen LogP contribution in [0, 0.1) is 13.8 Å². The van der Waals surface area contributed by atoms with Gasteiger partial charge in [-0.05, 0) is 59.1 Å². The van der Waals surface area contributed by atoms with E-state index in [0.717, 1.165) is 21.3 Å². The lowest BCUT2D eigenvalue weighted by Gasteiger charge is -2.19. The Morgan fingerprint density at radius 1 is 1.13 bits per heavy atom. The summed E-state index contributed by atoms with van der Waals surface area (Å²) in [5, 5.41) is 3.16. The lowest BCUT2D eigenvalue weighted by Crippen LogP contribution is -2.35. The summed E-state index contributed by atoms with van der Waals surface area (Å²) >= 11 is 3.45. The number of aryl methyl sites for hydroxylation is 2. The average Bonchev–Trinajstić information content (AvgIpc) is 2.79. The van der Waals surface area contributed by atoms with Gasteiger partial charge in [-0.15, -0.1) is 0 Å². The number of carbonyl (C=O) groups excluding carboxylic acids is 2. The van der Waals surface area contributed by atoms with E-state index in [-0.39, 0.29) is 18.2 Å². The van der Waals surface area contributed by atoms with E-state index in [4.69, 9.17) is 0 Å². The van der Waals surface area contributed by atoms with Gasteiger partial charge in [0.2, 0.25) is 5.91 Å². The SMILES string of the molecule is Cc1ccc(C)c(N2C(=O)C[C@H](Nc3ccccc3Br)C2=O)c1. The first kappa shape index (κ1) is 15.7. The number of halogens is 1. The molecular weight excluding hydrogens is 356 g/mol. The molecule has 1 atom stereocenters. The highest BCUT2D eigenvalue weighted by molar-refractivity contribution is 9.10. The first-order chi connectivity index (χ1) is 11.0. The molecule has 1 aliphatic heterocycles. The predicted octanol–water partition coefficient (Wildman–Crippen LogP) is 3.81. The van der Waals surface area contributed by atoms with Gasteiger partial charge in [-0.1, -0.05) is 24.3 Å². The van der Waals surface area contributed by atoms with Gasteiger partial charge < -0.3 is 5.32 Å². The summed E-state index contributed by atoms with van der Waals surface area (Å²) in [6.07, 6.45) is 0.160. The van der Waals surface area contributed by atoms with Crippen LogP contribution in [0.5, 0.6) is 0 Å². The quantitative estimate of drug-likeness (QED) is 0.833. The van der Waals surface area contributed by atoms with Gasteiger partial charge >= 0.3 is 0 Å². The van der Waals surface area contributed by atoms with Crippen molar-refractivity contribution in [2.24, 2.45) is 0 Å². The molecule has 4 nitrogen and oxygen atoms in total. The highest BCUT2D eigenvalue weighted by Gasteiger charge is 2.40. The van der Waals surface area contributed by atoms with Crippen molar-refractivity contribution in [3.05, 3.63) is 58.1 Å². The minimum Gasteiger partial charge on any atom is -0.372 e. The number of carbonyl (C=O) groups is 2. The van der Waals surface area contributed by atoms with Crippen LogP contribution in [0.15, 0.2) is 46.9 Å². The summed E-state index contributed by atoms with van der Waals surface area (Å²) < 4.78 is 0.866. The summed E-state index contributed by atoms with van der Waals surface area (Å²) in [5.41, 5.74) is 3.42. The van der Waals surface area contributed by atoms with Crippen LogP contribution in [-0.2, 0) is 9.59 Å². The molecule has 1 N–H and O–H groups in total. The topological polar surface area (TPSA) is 49.4 Å². The number of amides is 2. The lowest BCUT2D eigenvalue weighted by atomic mass is 10.1. The van der Waals surface area contributed by atoms with Gasteiger partial charge in [-0.3, -0.25) is 9.59 Å². The molecule has 118 valence electrons. The van der Waals surface area contributed by atoms with E-state index >= 15 is 0 Å². The third kappa shape index (κ3) is 3.01. The van der Waals surface area contributed by atoms with Crippen molar-refractivity contribution in [2.45, 2.75) is 26.3 Å². The fourth-order valence-corrected chi connectivity index (χ4v) is 3.12. The van der Waals surface area contributed by atoms with Crippen molar-refractivity contribution < 1.29 is 9.59 Å². The van der Waals surface area contributed by atoms with Gasteiger partial charge in [0.15, 0.2) is 0 Å². The second kappa shape index (κ2) is 6.16. The highest BCUT2D eigenvalue weighted by atomic mass is 79.9. The molecule has 1 fully saturated rings.